The van der Waals surface area contributed by atoms with Crippen molar-refractivity contribution in [3.05, 3.63) is 30.1 Å². The predicted molar refractivity (Wildman–Crippen MR) is 49.6 cm³/mol. The highest BCUT2D eigenvalue weighted by Crippen LogP contribution is 1.98. The monoisotopic (exact) mass is 166 g/mol. The van der Waals surface area contributed by atoms with Crippen molar-refractivity contribution in [2.24, 2.45) is 0 Å². The zero-order valence-electron chi connectivity index (χ0n) is 6.61. The van der Waals surface area contributed by atoms with E-state index >= 15 is 0 Å². The number of thiocarbonyl (C=S) groups is 1. The van der Waals surface area contributed by atoms with Gasteiger partial charge < -0.3 is 4.90 Å². The summed E-state index contributed by atoms with van der Waals surface area (Å²) in [6.07, 6.45) is 1.74. The van der Waals surface area contributed by atoms with Crippen molar-refractivity contribution < 1.29 is 0 Å². The summed E-state index contributed by atoms with van der Waals surface area (Å²) in [4.78, 5) is 6.76. The van der Waals surface area contributed by atoms with Gasteiger partial charge in [-0.1, -0.05) is 18.3 Å². The first-order valence-corrected chi connectivity index (χ1v) is 3.75. The first-order chi connectivity index (χ1) is 5.22. The Morgan fingerprint density at radius 3 is 2.64 bits per heavy atom. The van der Waals surface area contributed by atoms with E-state index in [9.17, 15) is 0 Å². The molecule has 0 unspecified atom stereocenters. The van der Waals surface area contributed by atoms with Gasteiger partial charge >= 0.3 is 0 Å². The predicted octanol–water partition coefficient (Wildman–Crippen LogP) is 1.32. The maximum Gasteiger partial charge on any atom is 0.127 e. The quantitative estimate of drug-likeness (QED) is 0.585. The lowest BCUT2D eigenvalue weighted by atomic mass is 10.3. The first kappa shape index (κ1) is 8.14. The maximum atomic E-state index is 5.11. The van der Waals surface area contributed by atoms with E-state index in [1.165, 1.54) is 0 Å². The molecule has 0 atom stereocenters. The number of aromatic nitrogens is 1. The van der Waals surface area contributed by atoms with Crippen LogP contribution >= 0.6 is 12.2 Å². The first-order valence-electron chi connectivity index (χ1n) is 3.34. The van der Waals surface area contributed by atoms with Gasteiger partial charge in [-0.25, -0.2) is 0 Å². The second-order valence-electron chi connectivity index (χ2n) is 2.41. The Labute approximate surface area is 71.9 Å². The van der Waals surface area contributed by atoms with Gasteiger partial charge in [0.2, 0.25) is 0 Å². The molecule has 1 rings (SSSR count). The lowest BCUT2D eigenvalue weighted by Gasteiger charge is -2.11. The van der Waals surface area contributed by atoms with Gasteiger partial charge in [-0.05, 0) is 12.1 Å². The minimum atomic E-state index is 0.769. The third-order valence-electron chi connectivity index (χ3n) is 1.29. The fraction of sp³-hybridized carbons (Fsp3) is 0.250. The van der Waals surface area contributed by atoms with Gasteiger partial charge in [0, 0.05) is 20.3 Å². The molecular weight excluding hydrogens is 156 g/mol. The summed E-state index contributed by atoms with van der Waals surface area (Å²) in [6, 6.07) is 5.71. The molecule has 0 saturated heterocycles. The Kier molecular flexibility index (Phi) is 2.54. The lowest BCUT2D eigenvalue weighted by Crippen LogP contribution is -2.21. The molecule has 3 heteroatoms. The van der Waals surface area contributed by atoms with Crippen LogP contribution in [0.15, 0.2) is 24.4 Å². The highest BCUT2D eigenvalue weighted by Gasteiger charge is 2.01. The highest BCUT2D eigenvalue weighted by molar-refractivity contribution is 7.80. The van der Waals surface area contributed by atoms with Gasteiger partial charge in [-0.3, -0.25) is 4.98 Å². The Morgan fingerprint density at radius 2 is 2.18 bits per heavy atom. The molecule has 0 radical (unpaired) electrons. The van der Waals surface area contributed by atoms with Crippen LogP contribution in [0.2, 0.25) is 0 Å². The third kappa shape index (κ3) is 1.98. The van der Waals surface area contributed by atoms with Crippen molar-refractivity contribution in [3.8, 4) is 0 Å². The largest absolute Gasteiger partial charge is 0.367 e. The van der Waals surface area contributed by atoms with E-state index in [1.807, 2.05) is 37.2 Å². The summed E-state index contributed by atoms with van der Waals surface area (Å²) in [5.74, 6) is 0. The van der Waals surface area contributed by atoms with Crippen LogP contribution in [-0.4, -0.2) is 29.0 Å². The van der Waals surface area contributed by atoms with Crippen LogP contribution in [0.5, 0.6) is 0 Å². The van der Waals surface area contributed by atoms with E-state index in [0.717, 1.165) is 10.7 Å². The smallest absolute Gasteiger partial charge is 0.127 e. The molecule has 2 nitrogen and oxygen atoms in total. The standard InChI is InChI=1S/C8H10N2S/c1-10(2)8(11)7-5-3-4-6-9-7/h3-6H,1-2H3. The van der Waals surface area contributed by atoms with E-state index in [-0.39, 0.29) is 0 Å². The molecule has 0 amide bonds. The summed E-state index contributed by atoms with van der Waals surface area (Å²) >= 11 is 5.11. The Bertz CT molecular complexity index is 244. The van der Waals surface area contributed by atoms with Gasteiger partial charge in [0.25, 0.3) is 0 Å². The van der Waals surface area contributed by atoms with Crippen LogP contribution in [0.4, 0.5) is 0 Å². The molecule has 0 aliphatic rings. The van der Waals surface area contributed by atoms with Gasteiger partial charge in [0.1, 0.15) is 4.99 Å². The van der Waals surface area contributed by atoms with Crippen LogP contribution in [0.3, 0.4) is 0 Å². The Morgan fingerprint density at radius 1 is 1.45 bits per heavy atom. The molecule has 1 aromatic heterocycles. The van der Waals surface area contributed by atoms with Crippen LogP contribution in [-0.2, 0) is 0 Å². The summed E-state index contributed by atoms with van der Waals surface area (Å²) in [7, 11) is 3.83. The van der Waals surface area contributed by atoms with Gasteiger partial charge in [-0.15, -0.1) is 0 Å². The number of hydrogen-bond acceptors (Lipinski definition) is 2. The second-order valence-corrected chi connectivity index (χ2v) is 2.80. The lowest BCUT2D eigenvalue weighted by molar-refractivity contribution is 0.634. The number of rotatable bonds is 1. The van der Waals surface area contributed by atoms with E-state index in [0.29, 0.717) is 0 Å². The third-order valence-corrected chi connectivity index (χ3v) is 1.86. The molecule has 0 aliphatic heterocycles. The van der Waals surface area contributed by atoms with Crippen LogP contribution in [0.25, 0.3) is 0 Å². The maximum absolute atomic E-state index is 5.11. The highest BCUT2D eigenvalue weighted by atomic mass is 32.1. The normalized spacial score (nSPS) is 9.27. The summed E-state index contributed by atoms with van der Waals surface area (Å²) in [6.45, 7) is 0. The molecule has 0 aliphatic carbocycles. The minimum Gasteiger partial charge on any atom is -0.367 e. The second kappa shape index (κ2) is 3.44. The molecule has 0 fully saturated rings. The fourth-order valence-electron chi connectivity index (χ4n) is 0.718. The molecule has 1 aromatic rings. The van der Waals surface area contributed by atoms with Crippen molar-refractivity contribution in [1.82, 2.24) is 9.88 Å². The van der Waals surface area contributed by atoms with Crippen LogP contribution in [0.1, 0.15) is 5.69 Å². The van der Waals surface area contributed by atoms with Crippen molar-refractivity contribution in [2.75, 3.05) is 14.1 Å². The molecule has 0 spiro atoms. The SMILES string of the molecule is CN(C)C(=S)c1ccccn1. The Balaban J connectivity index is 2.86. The topological polar surface area (TPSA) is 16.1 Å². The summed E-state index contributed by atoms with van der Waals surface area (Å²) in [5, 5.41) is 0. The number of nitrogens with zero attached hydrogens (tertiary/aromatic N) is 2. The van der Waals surface area contributed by atoms with Crippen LogP contribution in [0, 0.1) is 0 Å². The molecule has 0 N–H and O–H groups in total. The van der Waals surface area contributed by atoms with Gasteiger partial charge in [-0.2, -0.15) is 0 Å². The van der Waals surface area contributed by atoms with E-state index < -0.39 is 0 Å². The van der Waals surface area contributed by atoms with E-state index in [1.54, 1.807) is 6.20 Å². The van der Waals surface area contributed by atoms with E-state index in [4.69, 9.17) is 12.2 Å². The average Bonchev–Trinajstić information content (AvgIpc) is 2.05. The van der Waals surface area contributed by atoms with Crippen molar-refractivity contribution in [3.63, 3.8) is 0 Å². The molecule has 1 heterocycles. The van der Waals surface area contributed by atoms with Gasteiger partial charge in [0.15, 0.2) is 0 Å². The molecule has 11 heavy (non-hydrogen) atoms. The summed E-state index contributed by atoms with van der Waals surface area (Å²) < 4.78 is 0. The van der Waals surface area contributed by atoms with Crippen LogP contribution < -0.4 is 0 Å². The zero-order valence-corrected chi connectivity index (χ0v) is 7.43. The Hall–Kier alpha value is -0.960. The number of pyridine rings is 1. The molecule has 0 bridgehead atoms. The molecule has 0 saturated carbocycles. The fourth-order valence-corrected chi connectivity index (χ4v) is 0.839. The minimum absolute atomic E-state index is 0.769. The molecular formula is C8H10N2S. The van der Waals surface area contributed by atoms with Crippen molar-refractivity contribution in [1.29, 1.82) is 0 Å². The zero-order chi connectivity index (χ0) is 8.27. The molecule has 0 aromatic carbocycles. The number of hydrogen-bond donors (Lipinski definition) is 0. The van der Waals surface area contributed by atoms with Crippen molar-refractivity contribution in [2.45, 2.75) is 0 Å². The van der Waals surface area contributed by atoms with Crippen molar-refractivity contribution >= 4 is 17.2 Å². The average molecular weight is 166 g/mol. The van der Waals surface area contributed by atoms with E-state index in [2.05, 4.69) is 4.98 Å². The van der Waals surface area contributed by atoms with Gasteiger partial charge in [0.05, 0.1) is 5.69 Å². The summed E-state index contributed by atoms with van der Waals surface area (Å²) in [5.41, 5.74) is 0.854. The molecule has 58 valence electrons.